The fourth-order valence-electron chi connectivity index (χ4n) is 5.32. The maximum Gasteiger partial charge on any atom is -0.0162 e. The Morgan fingerprint density at radius 2 is 1.48 bits per heavy atom. The molecule has 2 saturated carbocycles. The molecule has 0 bridgehead atoms. The number of hydrogen-bond donors (Lipinski definition) is 0. The molecule has 3 rings (SSSR count). The van der Waals surface area contributed by atoms with E-state index in [1.54, 1.807) is 5.56 Å². The van der Waals surface area contributed by atoms with E-state index in [1.165, 1.54) is 64.2 Å². The molecule has 0 heterocycles. The van der Waals surface area contributed by atoms with Gasteiger partial charge in [0.1, 0.15) is 0 Å². The van der Waals surface area contributed by atoms with Gasteiger partial charge in [-0.05, 0) is 66.8 Å². The van der Waals surface area contributed by atoms with Crippen molar-refractivity contribution in [3.8, 4) is 0 Å². The van der Waals surface area contributed by atoms with Gasteiger partial charge in [-0.1, -0.05) is 90.6 Å². The Kier molecular flexibility index (Phi) is 7.59. The molecule has 0 amide bonds. The molecule has 0 aromatic heterocycles. The summed E-state index contributed by atoms with van der Waals surface area (Å²) in [4.78, 5) is 0. The summed E-state index contributed by atoms with van der Waals surface area (Å²) < 4.78 is 0. The maximum absolute atomic E-state index is 2.39. The molecule has 0 nitrogen and oxygen atoms in total. The highest BCUT2D eigenvalue weighted by Crippen LogP contribution is 2.46. The lowest BCUT2D eigenvalue weighted by Gasteiger charge is -2.39. The van der Waals surface area contributed by atoms with E-state index in [0.717, 1.165) is 11.8 Å². The van der Waals surface area contributed by atoms with Crippen LogP contribution >= 0.6 is 0 Å². The summed E-state index contributed by atoms with van der Waals surface area (Å²) >= 11 is 0. The molecule has 2 fully saturated rings. The molecule has 1 unspecified atom stereocenters. The van der Waals surface area contributed by atoms with Crippen LogP contribution in [-0.2, 0) is 0 Å². The highest BCUT2D eigenvalue weighted by atomic mass is 14.4. The van der Waals surface area contributed by atoms with Gasteiger partial charge >= 0.3 is 0 Å². The van der Waals surface area contributed by atoms with E-state index in [9.17, 15) is 0 Å². The minimum absolute atomic E-state index is 0.650. The van der Waals surface area contributed by atoms with Crippen LogP contribution in [0.25, 0.3) is 0 Å². The zero-order valence-electron chi connectivity index (χ0n) is 17.6. The second-order valence-corrected chi connectivity index (χ2v) is 9.76. The fourth-order valence-corrected chi connectivity index (χ4v) is 5.32. The average Bonchev–Trinajstić information content (AvgIpc) is 2.62. The first-order valence-electron chi connectivity index (χ1n) is 10.9. The Bertz CT molecular complexity index is 470. The van der Waals surface area contributed by atoms with Crippen LogP contribution in [0.15, 0.2) is 30.3 Å². The Morgan fingerprint density at radius 1 is 0.880 bits per heavy atom. The number of hydrogen-bond acceptors (Lipinski definition) is 0. The molecule has 1 aromatic rings. The monoisotopic (exact) mass is 342 g/mol. The topological polar surface area (TPSA) is 0 Å². The number of benzene rings is 1. The van der Waals surface area contributed by atoms with Crippen molar-refractivity contribution in [1.29, 1.82) is 0 Å². The quantitative estimate of drug-likeness (QED) is 0.517. The summed E-state index contributed by atoms with van der Waals surface area (Å²) in [6, 6.07) is 11.1. The first kappa shape index (κ1) is 20.5. The van der Waals surface area contributed by atoms with Crippen LogP contribution in [0.4, 0.5) is 0 Å². The highest BCUT2D eigenvalue weighted by molar-refractivity contribution is 5.20. The summed E-state index contributed by atoms with van der Waals surface area (Å²) in [5, 5.41) is 0. The van der Waals surface area contributed by atoms with E-state index >= 15 is 0 Å². The Labute approximate surface area is 157 Å². The van der Waals surface area contributed by atoms with Gasteiger partial charge in [0.25, 0.3) is 0 Å². The molecule has 0 aliphatic heterocycles. The van der Waals surface area contributed by atoms with E-state index in [4.69, 9.17) is 0 Å². The molecule has 0 N–H and O–H groups in total. The molecular weight excluding hydrogens is 300 g/mol. The highest BCUT2D eigenvalue weighted by Gasteiger charge is 2.32. The van der Waals surface area contributed by atoms with Gasteiger partial charge in [0.15, 0.2) is 0 Å². The van der Waals surface area contributed by atoms with Crippen molar-refractivity contribution in [2.75, 3.05) is 0 Å². The van der Waals surface area contributed by atoms with Crippen molar-refractivity contribution in [2.45, 2.75) is 105 Å². The minimum atomic E-state index is 0.650. The lowest BCUT2D eigenvalue weighted by Crippen LogP contribution is -2.25. The summed E-state index contributed by atoms with van der Waals surface area (Å²) in [5.74, 6) is 1.81. The van der Waals surface area contributed by atoms with E-state index in [0.29, 0.717) is 10.8 Å². The molecule has 0 saturated heterocycles. The van der Waals surface area contributed by atoms with Crippen LogP contribution in [0.2, 0.25) is 0 Å². The molecule has 25 heavy (non-hydrogen) atoms. The molecule has 2 aliphatic carbocycles. The van der Waals surface area contributed by atoms with Crippen LogP contribution in [0, 0.1) is 16.7 Å². The summed E-state index contributed by atoms with van der Waals surface area (Å²) in [5.41, 5.74) is 2.88. The van der Waals surface area contributed by atoms with Crippen molar-refractivity contribution in [3.05, 3.63) is 35.9 Å². The third-order valence-electron chi connectivity index (χ3n) is 7.27. The van der Waals surface area contributed by atoms with E-state index in [2.05, 4.69) is 65.0 Å². The Hall–Kier alpha value is -0.780. The van der Waals surface area contributed by atoms with Gasteiger partial charge < -0.3 is 0 Å². The molecule has 1 aromatic carbocycles. The zero-order valence-corrected chi connectivity index (χ0v) is 17.6. The minimum Gasteiger partial charge on any atom is -0.0649 e. The predicted octanol–water partition coefficient (Wildman–Crippen LogP) is 8.37. The van der Waals surface area contributed by atoms with Crippen LogP contribution in [0.3, 0.4) is 0 Å². The average molecular weight is 343 g/mol. The lowest BCUT2D eigenvalue weighted by atomic mass is 9.66. The SMILES string of the molecule is CC1CCCC(C)(C)C1.CCC1(CC)CCC(c2ccccc2)CC1. The van der Waals surface area contributed by atoms with Crippen LogP contribution in [0.5, 0.6) is 0 Å². The van der Waals surface area contributed by atoms with E-state index in [-0.39, 0.29) is 0 Å². The summed E-state index contributed by atoms with van der Waals surface area (Å²) in [7, 11) is 0. The van der Waals surface area contributed by atoms with Crippen molar-refractivity contribution >= 4 is 0 Å². The molecular formula is C25H42. The normalized spacial score (nSPS) is 25.7. The van der Waals surface area contributed by atoms with Crippen LogP contribution in [0.1, 0.15) is 110 Å². The van der Waals surface area contributed by atoms with E-state index in [1.807, 2.05) is 0 Å². The first-order valence-corrected chi connectivity index (χ1v) is 10.9. The predicted molar refractivity (Wildman–Crippen MR) is 112 cm³/mol. The van der Waals surface area contributed by atoms with Crippen molar-refractivity contribution in [2.24, 2.45) is 16.7 Å². The van der Waals surface area contributed by atoms with Crippen LogP contribution in [-0.4, -0.2) is 0 Å². The smallest absolute Gasteiger partial charge is 0.0162 e. The third kappa shape index (κ3) is 6.15. The molecule has 1 atom stereocenters. The first-order chi connectivity index (χ1) is 11.9. The van der Waals surface area contributed by atoms with Gasteiger partial charge in [0.05, 0.1) is 0 Å². The zero-order chi connectivity index (χ0) is 18.3. The second kappa shape index (κ2) is 9.24. The molecule has 142 valence electrons. The van der Waals surface area contributed by atoms with Crippen molar-refractivity contribution in [1.82, 2.24) is 0 Å². The van der Waals surface area contributed by atoms with Gasteiger partial charge in [0.2, 0.25) is 0 Å². The largest absolute Gasteiger partial charge is 0.0649 e. The van der Waals surface area contributed by atoms with Crippen LogP contribution < -0.4 is 0 Å². The van der Waals surface area contributed by atoms with Gasteiger partial charge in [0, 0.05) is 0 Å². The Balaban J connectivity index is 0.000000212. The molecule has 0 heteroatoms. The molecule has 0 spiro atoms. The molecule has 2 aliphatic rings. The maximum atomic E-state index is 2.39. The third-order valence-corrected chi connectivity index (χ3v) is 7.27. The number of rotatable bonds is 3. The van der Waals surface area contributed by atoms with Gasteiger partial charge in [-0.2, -0.15) is 0 Å². The summed E-state index contributed by atoms with van der Waals surface area (Å²) in [6.07, 6.45) is 14.2. The summed E-state index contributed by atoms with van der Waals surface area (Å²) in [6.45, 7) is 11.9. The fraction of sp³-hybridized carbons (Fsp3) is 0.760. The van der Waals surface area contributed by atoms with Crippen molar-refractivity contribution < 1.29 is 0 Å². The Morgan fingerprint density at radius 3 is 1.92 bits per heavy atom. The van der Waals surface area contributed by atoms with Crippen molar-refractivity contribution in [3.63, 3.8) is 0 Å². The van der Waals surface area contributed by atoms with Gasteiger partial charge in [-0.15, -0.1) is 0 Å². The molecule has 0 radical (unpaired) electrons. The van der Waals surface area contributed by atoms with E-state index < -0.39 is 0 Å². The standard InChI is InChI=1S/C16H24.C9H18/c1-3-16(4-2)12-10-15(11-13-16)14-8-6-5-7-9-14;1-8-5-4-6-9(2,3)7-8/h5-9,15H,3-4,10-13H2,1-2H3;8H,4-7H2,1-3H3. The van der Waals surface area contributed by atoms with Gasteiger partial charge in [-0.3, -0.25) is 0 Å². The van der Waals surface area contributed by atoms with Gasteiger partial charge in [-0.25, -0.2) is 0 Å². The second-order valence-electron chi connectivity index (χ2n) is 9.76. The lowest BCUT2D eigenvalue weighted by molar-refractivity contribution is 0.159.